The van der Waals surface area contributed by atoms with Crippen molar-refractivity contribution in [3.05, 3.63) is 75.1 Å². The topological polar surface area (TPSA) is 69.0 Å². The fourth-order valence-corrected chi connectivity index (χ4v) is 3.79. The van der Waals surface area contributed by atoms with E-state index in [1.807, 2.05) is 12.1 Å². The summed E-state index contributed by atoms with van der Waals surface area (Å²) in [6.07, 6.45) is 1.80. The van der Waals surface area contributed by atoms with Gasteiger partial charge in [0, 0.05) is 30.1 Å². The van der Waals surface area contributed by atoms with Crippen molar-refractivity contribution in [1.29, 1.82) is 0 Å². The lowest BCUT2D eigenvalue weighted by Gasteiger charge is -2.25. The number of ether oxygens (including phenoxy) is 2. The summed E-state index contributed by atoms with van der Waals surface area (Å²) in [4.78, 5) is 27.7. The Bertz CT molecular complexity index is 1100. The zero-order valence-corrected chi connectivity index (χ0v) is 17.4. The van der Waals surface area contributed by atoms with E-state index in [-0.39, 0.29) is 17.6 Å². The molecule has 1 aliphatic heterocycles. The molecule has 2 aromatic carbocycles. The first-order chi connectivity index (χ1) is 14.5. The van der Waals surface area contributed by atoms with E-state index >= 15 is 0 Å². The highest BCUT2D eigenvalue weighted by atomic mass is 35.5. The molecule has 30 heavy (non-hydrogen) atoms. The minimum absolute atomic E-state index is 0.0114. The predicted molar refractivity (Wildman–Crippen MR) is 114 cm³/mol. The van der Waals surface area contributed by atoms with Gasteiger partial charge in [0.25, 0.3) is 5.91 Å². The second kappa shape index (κ2) is 8.90. The Morgan fingerprint density at radius 3 is 2.73 bits per heavy atom. The van der Waals surface area contributed by atoms with Gasteiger partial charge < -0.3 is 18.8 Å². The van der Waals surface area contributed by atoms with Crippen LogP contribution in [-0.4, -0.2) is 37.2 Å². The van der Waals surface area contributed by atoms with Gasteiger partial charge in [-0.25, -0.2) is 4.79 Å². The van der Waals surface area contributed by atoms with Gasteiger partial charge in [0.1, 0.15) is 5.56 Å². The van der Waals surface area contributed by atoms with Crippen LogP contribution in [0.3, 0.4) is 0 Å². The van der Waals surface area contributed by atoms with E-state index in [2.05, 4.69) is 0 Å². The van der Waals surface area contributed by atoms with Gasteiger partial charge in [0.2, 0.25) is 0 Å². The summed E-state index contributed by atoms with van der Waals surface area (Å²) in [5.41, 5.74) is 0.538. The monoisotopic (exact) mass is 427 g/mol. The highest BCUT2D eigenvalue weighted by Gasteiger charge is 2.26. The molecule has 156 valence electrons. The molecule has 1 amide bonds. The van der Waals surface area contributed by atoms with Gasteiger partial charge in [0.05, 0.1) is 13.2 Å². The quantitative estimate of drug-likeness (QED) is 0.549. The van der Waals surface area contributed by atoms with Crippen molar-refractivity contribution in [1.82, 2.24) is 4.90 Å². The van der Waals surface area contributed by atoms with E-state index in [0.717, 1.165) is 18.4 Å². The molecule has 7 heteroatoms. The highest BCUT2D eigenvalue weighted by Crippen LogP contribution is 2.25. The summed E-state index contributed by atoms with van der Waals surface area (Å²) in [5.74, 6) is 0.0555. The molecule has 3 aromatic rings. The smallest absolute Gasteiger partial charge is 0.349 e. The molecule has 1 aliphatic rings. The van der Waals surface area contributed by atoms with Crippen molar-refractivity contribution in [2.45, 2.75) is 25.5 Å². The number of carbonyl (C=O) groups is 1. The van der Waals surface area contributed by atoms with Gasteiger partial charge >= 0.3 is 5.63 Å². The number of rotatable bonds is 6. The second-order valence-corrected chi connectivity index (χ2v) is 7.71. The Balaban J connectivity index is 1.68. The molecule has 1 fully saturated rings. The molecular weight excluding hydrogens is 406 g/mol. The summed E-state index contributed by atoms with van der Waals surface area (Å²) in [5, 5.41) is 1.25. The number of fused-ring (bicyclic) bond motifs is 1. The molecule has 0 N–H and O–H groups in total. The molecule has 6 nitrogen and oxygen atoms in total. The molecule has 0 spiro atoms. The maximum Gasteiger partial charge on any atom is 0.349 e. The van der Waals surface area contributed by atoms with Crippen molar-refractivity contribution in [3.63, 3.8) is 0 Å². The van der Waals surface area contributed by atoms with Crippen LogP contribution in [0.5, 0.6) is 5.75 Å². The summed E-state index contributed by atoms with van der Waals surface area (Å²) in [6.45, 7) is 1.42. The van der Waals surface area contributed by atoms with Gasteiger partial charge in [0.15, 0.2) is 11.3 Å². The van der Waals surface area contributed by atoms with Crippen LogP contribution in [0.2, 0.25) is 5.02 Å². The van der Waals surface area contributed by atoms with Gasteiger partial charge in [-0.3, -0.25) is 4.79 Å². The van der Waals surface area contributed by atoms with E-state index in [1.54, 1.807) is 41.3 Å². The van der Waals surface area contributed by atoms with Crippen LogP contribution in [0.25, 0.3) is 11.0 Å². The summed E-state index contributed by atoms with van der Waals surface area (Å²) in [6, 6.07) is 14.1. The SMILES string of the molecule is COc1cccc2cc(C(=O)N(Cc3ccc(Cl)cc3)C[C@@H]3CCCO3)c(=O)oc12. The molecule has 1 atom stereocenters. The molecule has 1 saturated heterocycles. The van der Waals surface area contributed by atoms with E-state index in [9.17, 15) is 9.59 Å². The van der Waals surface area contributed by atoms with Crippen molar-refractivity contribution in [2.24, 2.45) is 0 Å². The van der Waals surface area contributed by atoms with Crippen LogP contribution in [0.1, 0.15) is 28.8 Å². The minimum atomic E-state index is -0.689. The summed E-state index contributed by atoms with van der Waals surface area (Å²) < 4.78 is 16.4. The Labute approximate surface area is 179 Å². The number of halogens is 1. The molecule has 0 saturated carbocycles. The summed E-state index contributed by atoms with van der Waals surface area (Å²) in [7, 11) is 1.50. The molecule has 4 rings (SSSR count). The third-order valence-corrected chi connectivity index (χ3v) is 5.45. The number of para-hydroxylation sites is 1. The van der Waals surface area contributed by atoms with E-state index in [4.69, 9.17) is 25.5 Å². The predicted octanol–water partition coefficient (Wildman–Crippen LogP) is 4.28. The Hall–Kier alpha value is -2.83. The zero-order valence-electron chi connectivity index (χ0n) is 16.6. The van der Waals surface area contributed by atoms with Crippen molar-refractivity contribution >= 4 is 28.5 Å². The lowest BCUT2D eigenvalue weighted by Crippen LogP contribution is -2.38. The number of hydrogen-bond acceptors (Lipinski definition) is 5. The molecule has 0 radical (unpaired) electrons. The molecule has 0 bridgehead atoms. The van der Waals surface area contributed by atoms with Crippen LogP contribution in [0.15, 0.2) is 57.7 Å². The van der Waals surface area contributed by atoms with Crippen LogP contribution in [-0.2, 0) is 11.3 Å². The standard InChI is InChI=1S/C23H22ClNO5/c1-28-20-6-2-4-16-12-19(23(27)30-21(16)20)22(26)25(14-18-5-3-11-29-18)13-15-7-9-17(24)10-8-15/h2,4,6-10,12,18H,3,5,11,13-14H2,1H3/t18-/m0/s1. The van der Waals surface area contributed by atoms with Crippen LogP contribution in [0.4, 0.5) is 0 Å². The lowest BCUT2D eigenvalue weighted by atomic mass is 10.1. The van der Waals surface area contributed by atoms with E-state index in [1.165, 1.54) is 7.11 Å². The highest BCUT2D eigenvalue weighted by molar-refractivity contribution is 6.30. The Morgan fingerprint density at radius 2 is 2.03 bits per heavy atom. The maximum absolute atomic E-state index is 13.4. The maximum atomic E-state index is 13.4. The normalized spacial score (nSPS) is 16.0. The summed E-state index contributed by atoms with van der Waals surface area (Å²) >= 11 is 5.98. The fraction of sp³-hybridized carbons (Fsp3) is 0.304. The second-order valence-electron chi connectivity index (χ2n) is 7.27. The van der Waals surface area contributed by atoms with E-state index < -0.39 is 5.63 Å². The number of methoxy groups -OCH3 is 1. The third-order valence-electron chi connectivity index (χ3n) is 5.20. The molecule has 0 aliphatic carbocycles. The zero-order chi connectivity index (χ0) is 21.1. The first-order valence-electron chi connectivity index (χ1n) is 9.81. The van der Waals surface area contributed by atoms with Crippen LogP contribution in [0, 0.1) is 0 Å². The minimum Gasteiger partial charge on any atom is -0.493 e. The number of amides is 1. The number of nitrogens with zero attached hydrogens (tertiary/aromatic N) is 1. The van der Waals surface area contributed by atoms with Crippen LogP contribution >= 0.6 is 11.6 Å². The van der Waals surface area contributed by atoms with Gasteiger partial charge in [-0.1, -0.05) is 35.9 Å². The van der Waals surface area contributed by atoms with Crippen molar-refractivity contribution < 1.29 is 18.7 Å². The largest absolute Gasteiger partial charge is 0.493 e. The lowest BCUT2D eigenvalue weighted by molar-refractivity contribution is 0.0504. The molecule has 2 heterocycles. The molecule has 1 aromatic heterocycles. The Morgan fingerprint density at radius 1 is 1.23 bits per heavy atom. The first-order valence-corrected chi connectivity index (χ1v) is 10.2. The Kier molecular flexibility index (Phi) is 6.06. The van der Waals surface area contributed by atoms with Gasteiger partial charge in [-0.05, 0) is 42.7 Å². The number of hydrogen-bond donors (Lipinski definition) is 0. The molecular formula is C23H22ClNO5. The molecule has 0 unspecified atom stereocenters. The van der Waals surface area contributed by atoms with Crippen LogP contribution < -0.4 is 10.4 Å². The van der Waals surface area contributed by atoms with Crippen molar-refractivity contribution in [3.8, 4) is 5.75 Å². The third kappa shape index (κ3) is 4.35. The fourth-order valence-electron chi connectivity index (χ4n) is 3.66. The average Bonchev–Trinajstić information content (AvgIpc) is 3.26. The van der Waals surface area contributed by atoms with E-state index in [0.29, 0.717) is 41.4 Å². The van der Waals surface area contributed by atoms with Gasteiger partial charge in [-0.2, -0.15) is 0 Å². The average molecular weight is 428 g/mol. The van der Waals surface area contributed by atoms with Crippen molar-refractivity contribution in [2.75, 3.05) is 20.3 Å². The number of carbonyl (C=O) groups excluding carboxylic acids is 1. The first kappa shape index (κ1) is 20.4. The number of benzene rings is 2. The van der Waals surface area contributed by atoms with Gasteiger partial charge in [-0.15, -0.1) is 0 Å².